The third-order valence-electron chi connectivity index (χ3n) is 4.01. The summed E-state index contributed by atoms with van der Waals surface area (Å²) in [5.41, 5.74) is 1.11. The molecule has 0 aliphatic carbocycles. The quantitative estimate of drug-likeness (QED) is 0.630. The Balaban J connectivity index is 2.02. The highest BCUT2D eigenvalue weighted by molar-refractivity contribution is 5.93. The second kappa shape index (κ2) is 8.41. The number of pyridine rings is 1. The van der Waals surface area contributed by atoms with Gasteiger partial charge in [-0.3, -0.25) is 14.2 Å². The maximum atomic E-state index is 12.9. The zero-order valence-electron chi connectivity index (χ0n) is 15.1. The molecule has 0 saturated heterocycles. The Morgan fingerprint density at radius 3 is 2.67 bits per heavy atom. The second-order valence-electron chi connectivity index (χ2n) is 5.79. The fraction of sp³-hybridized carbons (Fsp3) is 0.263. The largest absolute Gasteiger partial charge is 0.497 e. The van der Waals surface area contributed by atoms with Gasteiger partial charge in [-0.05, 0) is 29.8 Å². The number of fused-ring (bicyclic) bond motifs is 1. The smallest absolute Gasteiger partial charge is 0.284 e. The molecule has 0 atom stereocenters. The first-order valence-electron chi connectivity index (χ1n) is 8.39. The summed E-state index contributed by atoms with van der Waals surface area (Å²) in [6.45, 7) is 0.901. The number of amides is 1. The molecule has 8 nitrogen and oxygen atoms in total. The number of nitrogens with zero attached hydrogens (tertiary/aromatic N) is 3. The van der Waals surface area contributed by atoms with Crippen molar-refractivity contribution in [2.75, 3.05) is 27.4 Å². The van der Waals surface area contributed by atoms with Gasteiger partial charge in [0.15, 0.2) is 11.3 Å². The van der Waals surface area contributed by atoms with E-state index in [4.69, 9.17) is 9.47 Å². The average Bonchev–Trinajstić information content (AvgIpc) is 2.70. The van der Waals surface area contributed by atoms with Crippen LogP contribution < -0.4 is 15.6 Å². The van der Waals surface area contributed by atoms with E-state index in [0.29, 0.717) is 24.3 Å². The summed E-state index contributed by atoms with van der Waals surface area (Å²) in [4.78, 5) is 33.8. The monoisotopic (exact) mass is 368 g/mol. The van der Waals surface area contributed by atoms with Crippen molar-refractivity contribution >= 4 is 17.1 Å². The van der Waals surface area contributed by atoms with Crippen LogP contribution in [0.1, 0.15) is 16.1 Å². The Labute approximate surface area is 155 Å². The molecule has 0 fully saturated rings. The molecular formula is C19H20N4O4. The van der Waals surface area contributed by atoms with Gasteiger partial charge < -0.3 is 14.8 Å². The lowest BCUT2D eigenvalue weighted by Crippen LogP contribution is -2.36. The van der Waals surface area contributed by atoms with E-state index in [1.165, 1.54) is 11.7 Å². The Morgan fingerprint density at radius 1 is 1.19 bits per heavy atom. The molecule has 0 radical (unpaired) electrons. The van der Waals surface area contributed by atoms with Gasteiger partial charge in [0.2, 0.25) is 0 Å². The van der Waals surface area contributed by atoms with E-state index < -0.39 is 11.5 Å². The first kappa shape index (κ1) is 18.5. The van der Waals surface area contributed by atoms with Crippen molar-refractivity contribution in [3.63, 3.8) is 0 Å². The van der Waals surface area contributed by atoms with E-state index >= 15 is 0 Å². The number of ether oxygens (including phenoxy) is 2. The average molecular weight is 368 g/mol. The van der Waals surface area contributed by atoms with Crippen molar-refractivity contribution in [1.29, 1.82) is 0 Å². The number of carbonyl (C=O) groups excluding carboxylic acids is 1. The van der Waals surface area contributed by atoms with Crippen molar-refractivity contribution in [3.8, 4) is 5.75 Å². The van der Waals surface area contributed by atoms with Crippen molar-refractivity contribution in [1.82, 2.24) is 19.9 Å². The van der Waals surface area contributed by atoms with E-state index in [1.54, 1.807) is 25.4 Å². The van der Waals surface area contributed by atoms with Crippen molar-refractivity contribution in [3.05, 3.63) is 64.2 Å². The number of methoxy groups -OCH3 is 2. The molecule has 27 heavy (non-hydrogen) atoms. The molecule has 8 heteroatoms. The van der Waals surface area contributed by atoms with Crippen LogP contribution in [-0.4, -0.2) is 47.8 Å². The first-order chi connectivity index (χ1) is 13.1. The molecule has 0 spiro atoms. The molecule has 3 rings (SSSR count). The van der Waals surface area contributed by atoms with Gasteiger partial charge in [0.1, 0.15) is 11.3 Å². The van der Waals surface area contributed by atoms with E-state index in [0.717, 1.165) is 11.3 Å². The number of benzene rings is 1. The van der Waals surface area contributed by atoms with Crippen molar-refractivity contribution in [2.24, 2.45) is 0 Å². The molecule has 140 valence electrons. The van der Waals surface area contributed by atoms with E-state index in [9.17, 15) is 9.59 Å². The molecule has 3 aromatic rings. The van der Waals surface area contributed by atoms with Crippen LogP contribution in [0.3, 0.4) is 0 Å². The highest BCUT2D eigenvalue weighted by Gasteiger charge is 2.18. The lowest BCUT2D eigenvalue weighted by atomic mass is 10.2. The Kier molecular flexibility index (Phi) is 5.77. The molecule has 0 aliphatic heterocycles. The van der Waals surface area contributed by atoms with Gasteiger partial charge in [-0.1, -0.05) is 12.1 Å². The van der Waals surface area contributed by atoms with E-state index in [-0.39, 0.29) is 12.2 Å². The summed E-state index contributed by atoms with van der Waals surface area (Å²) < 4.78 is 11.5. The minimum atomic E-state index is -0.536. The van der Waals surface area contributed by atoms with Crippen LogP contribution in [0.4, 0.5) is 0 Å². The number of carbonyl (C=O) groups is 1. The third-order valence-corrected chi connectivity index (χ3v) is 4.01. The minimum Gasteiger partial charge on any atom is -0.497 e. The summed E-state index contributed by atoms with van der Waals surface area (Å²) in [5, 5.41) is 2.63. The van der Waals surface area contributed by atoms with Crippen LogP contribution in [0.25, 0.3) is 11.2 Å². The van der Waals surface area contributed by atoms with Crippen LogP contribution in [0.15, 0.2) is 47.4 Å². The van der Waals surface area contributed by atoms with Gasteiger partial charge in [-0.25, -0.2) is 9.97 Å². The lowest BCUT2D eigenvalue weighted by Gasteiger charge is -2.12. The third kappa shape index (κ3) is 4.12. The van der Waals surface area contributed by atoms with Crippen LogP contribution in [-0.2, 0) is 11.3 Å². The molecule has 2 aromatic heterocycles. The molecule has 1 amide bonds. The van der Waals surface area contributed by atoms with Crippen LogP contribution >= 0.6 is 0 Å². The summed E-state index contributed by atoms with van der Waals surface area (Å²) in [6, 6.07) is 10.8. The van der Waals surface area contributed by atoms with Crippen molar-refractivity contribution in [2.45, 2.75) is 6.54 Å². The Bertz CT molecular complexity index is 999. The van der Waals surface area contributed by atoms with Gasteiger partial charge in [-0.15, -0.1) is 0 Å². The Hall–Kier alpha value is -3.26. The predicted octanol–water partition coefficient (Wildman–Crippen LogP) is 1.22. The molecule has 2 heterocycles. The standard InChI is InChI=1S/C19H20N4O4/c1-26-11-10-21-18(24)16-19(25)23(17-15(22-16)4-3-9-20-17)12-13-5-7-14(27-2)8-6-13/h3-9H,10-12H2,1-2H3,(H,21,24). The first-order valence-corrected chi connectivity index (χ1v) is 8.39. The number of aromatic nitrogens is 3. The van der Waals surface area contributed by atoms with Crippen LogP contribution in [0.5, 0.6) is 5.75 Å². The zero-order valence-corrected chi connectivity index (χ0v) is 15.1. The van der Waals surface area contributed by atoms with E-state index in [2.05, 4.69) is 15.3 Å². The topological polar surface area (TPSA) is 95.3 Å². The number of nitrogens with one attached hydrogen (secondary N) is 1. The SMILES string of the molecule is COCCNC(=O)c1nc2cccnc2n(Cc2ccc(OC)cc2)c1=O. The van der Waals surface area contributed by atoms with Gasteiger partial charge >= 0.3 is 0 Å². The number of hydrogen-bond donors (Lipinski definition) is 1. The molecule has 1 aromatic carbocycles. The normalized spacial score (nSPS) is 10.7. The molecule has 0 unspecified atom stereocenters. The van der Waals surface area contributed by atoms with Gasteiger partial charge in [-0.2, -0.15) is 0 Å². The predicted molar refractivity (Wildman–Crippen MR) is 100 cm³/mol. The molecule has 1 N–H and O–H groups in total. The van der Waals surface area contributed by atoms with E-state index in [1.807, 2.05) is 24.3 Å². The van der Waals surface area contributed by atoms with Crippen LogP contribution in [0.2, 0.25) is 0 Å². The fourth-order valence-corrected chi connectivity index (χ4v) is 2.63. The lowest BCUT2D eigenvalue weighted by molar-refractivity contribution is 0.0930. The summed E-state index contributed by atoms with van der Waals surface area (Å²) in [7, 11) is 3.13. The fourth-order valence-electron chi connectivity index (χ4n) is 2.63. The highest BCUT2D eigenvalue weighted by atomic mass is 16.5. The maximum absolute atomic E-state index is 12.9. The summed E-state index contributed by atoms with van der Waals surface area (Å²) >= 11 is 0. The number of hydrogen-bond acceptors (Lipinski definition) is 6. The van der Waals surface area contributed by atoms with Gasteiger partial charge in [0.05, 0.1) is 20.3 Å². The molecule has 0 saturated carbocycles. The highest BCUT2D eigenvalue weighted by Crippen LogP contribution is 2.14. The summed E-state index contributed by atoms with van der Waals surface area (Å²) in [5.74, 6) is 0.188. The van der Waals surface area contributed by atoms with Crippen LogP contribution in [0, 0.1) is 0 Å². The minimum absolute atomic E-state index is 0.167. The molecular weight excluding hydrogens is 348 g/mol. The van der Waals surface area contributed by atoms with Gasteiger partial charge in [0.25, 0.3) is 11.5 Å². The Morgan fingerprint density at radius 2 is 1.96 bits per heavy atom. The maximum Gasteiger partial charge on any atom is 0.284 e. The van der Waals surface area contributed by atoms with Gasteiger partial charge in [0, 0.05) is 19.9 Å². The second-order valence-corrected chi connectivity index (χ2v) is 5.79. The summed E-state index contributed by atoms with van der Waals surface area (Å²) in [6.07, 6.45) is 1.59. The molecule has 0 aliphatic rings. The molecule has 0 bridgehead atoms. The number of rotatable bonds is 7. The van der Waals surface area contributed by atoms with Crippen molar-refractivity contribution < 1.29 is 14.3 Å². The zero-order chi connectivity index (χ0) is 19.2.